The van der Waals surface area contributed by atoms with Crippen molar-refractivity contribution in [1.82, 2.24) is 0 Å². The molecule has 0 aromatic heterocycles. The van der Waals surface area contributed by atoms with Crippen LogP contribution in [0.5, 0.6) is 0 Å². The fourth-order valence-corrected chi connectivity index (χ4v) is 1.71. The zero-order valence-electron chi connectivity index (χ0n) is 8.37. The van der Waals surface area contributed by atoms with E-state index in [1.807, 2.05) is 14.1 Å². The molecule has 0 aliphatic carbocycles. The maximum absolute atomic E-state index is 10.7. The van der Waals surface area contributed by atoms with Gasteiger partial charge in [-0.2, -0.15) is 4.59 Å². The fraction of sp³-hybridized carbons (Fsp3) is 0.400. The Morgan fingerprint density at radius 3 is 2.54 bits per heavy atom. The van der Waals surface area contributed by atoms with E-state index in [-0.39, 0.29) is 0 Å². The number of hydrogen-bond donors (Lipinski definition) is 0. The van der Waals surface area contributed by atoms with Crippen LogP contribution in [0.15, 0.2) is 29.0 Å². The van der Waals surface area contributed by atoms with Crippen molar-refractivity contribution in [2.24, 2.45) is 5.10 Å². The third kappa shape index (κ3) is 1.47. The van der Waals surface area contributed by atoms with Crippen molar-refractivity contribution >= 4 is 12.0 Å². The Morgan fingerprint density at radius 1 is 1.54 bits per heavy atom. The van der Waals surface area contributed by atoms with Crippen LogP contribution in [-0.4, -0.2) is 30.7 Å². The van der Waals surface area contributed by atoms with Crippen LogP contribution in [0, 0.1) is 0 Å². The van der Waals surface area contributed by atoms with Crippen LogP contribution in [0.25, 0.3) is 0 Å². The van der Waals surface area contributed by atoms with E-state index in [4.69, 9.17) is 0 Å². The number of quaternary nitrogens is 1. The first-order valence-electron chi connectivity index (χ1n) is 4.32. The number of aldehydes is 1. The Bertz CT molecular complexity index is 311. The van der Waals surface area contributed by atoms with Crippen molar-refractivity contribution in [2.45, 2.75) is 13.3 Å². The van der Waals surface area contributed by atoms with Crippen LogP contribution in [0.2, 0.25) is 0 Å². The molecule has 1 rings (SSSR count). The molecule has 0 spiro atoms. The zero-order chi connectivity index (χ0) is 10.1. The predicted octanol–water partition coefficient (Wildman–Crippen LogP) is 1.48. The zero-order valence-corrected chi connectivity index (χ0v) is 8.37. The van der Waals surface area contributed by atoms with E-state index >= 15 is 0 Å². The van der Waals surface area contributed by atoms with E-state index in [0.29, 0.717) is 10.3 Å². The molecule has 0 saturated carbocycles. The van der Waals surface area contributed by atoms with E-state index in [2.05, 4.69) is 18.6 Å². The van der Waals surface area contributed by atoms with Gasteiger partial charge in [0.15, 0.2) is 12.0 Å². The SMILES string of the molecule is C=CC1=C(CC)[N+](C)(C)N=C1C=O. The molecular weight excluding hydrogens is 164 g/mol. The molecular formula is C10H15N2O+. The molecule has 0 N–H and O–H groups in total. The fourth-order valence-electron chi connectivity index (χ4n) is 1.71. The first-order valence-corrected chi connectivity index (χ1v) is 4.32. The number of allylic oxidation sites excluding steroid dienone is 3. The first-order chi connectivity index (χ1) is 6.06. The van der Waals surface area contributed by atoms with Gasteiger partial charge in [0.25, 0.3) is 0 Å². The van der Waals surface area contributed by atoms with Crippen molar-refractivity contribution in [3.63, 3.8) is 0 Å². The number of carbonyl (C=O) groups is 1. The van der Waals surface area contributed by atoms with Crippen LogP contribution in [0.3, 0.4) is 0 Å². The quantitative estimate of drug-likeness (QED) is 0.476. The van der Waals surface area contributed by atoms with Gasteiger partial charge in [-0.05, 0) is 0 Å². The van der Waals surface area contributed by atoms with E-state index in [0.717, 1.165) is 24.0 Å². The molecule has 3 heteroatoms. The molecule has 0 fully saturated rings. The molecule has 0 saturated heterocycles. The van der Waals surface area contributed by atoms with Crippen molar-refractivity contribution in [1.29, 1.82) is 0 Å². The van der Waals surface area contributed by atoms with Gasteiger partial charge in [-0.1, -0.05) is 24.7 Å². The van der Waals surface area contributed by atoms with E-state index in [1.165, 1.54) is 0 Å². The molecule has 0 aromatic carbocycles. The van der Waals surface area contributed by atoms with Gasteiger partial charge >= 0.3 is 0 Å². The minimum Gasteiger partial charge on any atom is -0.296 e. The van der Waals surface area contributed by atoms with Crippen LogP contribution in [0.4, 0.5) is 0 Å². The first kappa shape index (κ1) is 9.86. The molecule has 70 valence electrons. The summed E-state index contributed by atoms with van der Waals surface area (Å²) in [6.07, 6.45) is 3.38. The molecule has 0 aromatic rings. The standard InChI is InChI=1S/C10H15N2O/c1-5-8-9(7-13)11-12(3,4)10(8)6-2/h5,7H,1,6H2,2-4H3/q+1. The van der Waals surface area contributed by atoms with Crippen LogP contribution >= 0.6 is 0 Å². The molecule has 0 radical (unpaired) electrons. The van der Waals surface area contributed by atoms with Crippen molar-refractivity contribution in [3.05, 3.63) is 23.9 Å². The number of rotatable bonds is 3. The van der Waals surface area contributed by atoms with Crippen molar-refractivity contribution in [3.8, 4) is 0 Å². The average Bonchev–Trinajstić information content (AvgIpc) is 2.35. The summed E-state index contributed by atoms with van der Waals surface area (Å²) in [6.45, 7) is 5.75. The van der Waals surface area contributed by atoms with Gasteiger partial charge in [0.2, 0.25) is 0 Å². The lowest BCUT2D eigenvalue weighted by Crippen LogP contribution is -2.29. The smallest absolute Gasteiger partial charge is 0.174 e. The van der Waals surface area contributed by atoms with Gasteiger partial charge in [-0.15, -0.1) is 0 Å². The molecule has 1 heterocycles. The highest BCUT2D eigenvalue weighted by Crippen LogP contribution is 2.27. The molecule has 3 nitrogen and oxygen atoms in total. The van der Waals surface area contributed by atoms with Crippen molar-refractivity contribution < 1.29 is 9.39 Å². The van der Waals surface area contributed by atoms with Gasteiger partial charge in [0, 0.05) is 6.42 Å². The maximum atomic E-state index is 10.7. The van der Waals surface area contributed by atoms with Crippen LogP contribution < -0.4 is 0 Å². The van der Waals surface area contributed by atoms with Crippen LogP contribution in [-0.2, 0) is 4.79 Å². The lowest BCUT2D eigenvalue weighted by Gasteiger charge is -2.19. The predicted molar refractivity (Wildman–Crippen MR) is 53.1 cm³/mol. The Labute approximate surface area is 78.6 Å². The highest BCUT2D eigenvalue weighted by molar-refractivity contribution is 6.37. The minimum atomic E-state index is 0.423. The summed E-state index contributed by atoms with van der Waals surface area (Å²) < 4.78 is 0.423. The summed E-state index contributed by atoms with van der Waals surface area (Å²) in [7, 11) is 3.91. The Kier molecular flexibility index (Phi) is 2.48. The van der Waals surface area contributed by atoms with E-state index in [9.17, 15) is 4.79 Å². The summed E-state index contributed by atoms with van der Waals surface area (Å²) in [6, 6.07) is 0. The summed E-state index contributed by atoms with van der Waals surface area (Å²) in [5.41, 5.74) is 2.54. The lowest BCUT2D eigenvalue weighted by molar-refractivity contribution is -0.857. The van der Waals surface area contributed by atoms with Gasteiger partial charge in [-0.25, -0.2) is 0 Å². The topological polar surface area (TPSA) is 29.4 Å². The monoisotopic (exact) mass is 179 g/mol. The second-order valence-electron chi connectivity index (χ2n) is 3.42. The Morgan fingerprint density at radius 2 is 2.15 bits per heavy atom. The molecule has 0 atom stereocenters. The third-order valence-corrected chi connectivity index (χ3v) is 2.26. The Hall–Kier alpha value is -1.22. The molecule has 1 aliphatic heterocycles. The third-order valence-electron chi connectivity index (χ3n) is 2.26. The molecule has 0 bridgehead atoms. The van der Waals surface area contributed by atoms with Gasteiger partial charge in [0.05, 0.1) is 19.7 Å². The summed E-state index contributed by atoms with van der Waals surface area (Å²) >= 11 is 0. The normalized spacial score (nSPS) is 20.1. The number of hydrogen-bond acceptors (Lipinski definition) is 2. The van der Waals surface area contributed by atoms with Gasteiger partial charge in [-0.3, -0.25) is 4.79 Å². The largest absolute Gasteiger partial charge is 0.296 e. The molecule has 0 amide bonds. The van der Waals surface area contributed by atoms with Crippen molar-refractivity contribution in [2.75, 3.05) is 14.1 Å². The van der Waals surface area contributed by atoms with E-state index in [1.54, 1.807) is 6.08 Å². The average molecular weight is 179 g/mol. The second-order valence-corrected chi connectivity index (χ2v) is 3.42. The molecule has 13 heavy (non-hydrogen) atoms. The number of carbonyl (C=O) groups excluding carboxylic acids is 1. The van der Waals surface area contributed by atoms with Gasteiger partial charge in [0.1, 0.15) is 5.70 Å². The minimum absolute atomic E-state index is 0.423. The van der Waals surface area contributed by atoms with Gasteiger partial charge < -0.3 is 0 Å². The summed E-state index contributed by atoms with van der Waals surface area (Å²) in [5, 5.41) is 4.28. The Balaban J connectivity index is 3.27. The summed E-state index contributed by atoms with van der Waals surface area (Å²) in [5.74, 6) is 0. The second kappa shape index (κ2) is 3.26. The lowest BCUT2D eigenvalue weighted by atomic mass is 10.1. The maximum Gasteiger partial charge on any atom is 0.174 e. The highest BCUT2D eigenvalue weighted by Gasteiger charge is 2.33. The number of nitrogens with zero attached hydrogens (tertiary/aromatic N) is 2. The summed E-state index contributed by atoms with van der Waals surface area (Å²) in [4.78, 5) is 10.7. The highest BCUT2D eigenvalue weighted by atomic mass is 16.1. The van der Waals surface area contributed by atoms with E-state index < -0.39 is 0 Å². The molecule has 1 aliphatic rings. The molecule has 0 unspecified atom stereocenters. The van der Waals surface area contributed by atoms with Crippen LogP contribution in [0.1, 0.15) is 13.3 Å².